The first-order valence-electron chi connectivity index (χ1n) is 11.1. The van der Waals surface area contributed by atoms with Crippen molar-refractivity contribution in [3.05, 3.63) is 40.7 Å². The molecule has 2 fully saturated rings. The molecule has 1 N–H and O–H groups in total. The van der Waals surface area contributed by atoms with Gasteiger partial charge in [-0.3, -0.25) is 0 Å². The lowest BCUT2D eigenvalue weighted by Crippen LogP contribution is -3.12. The minimum absolute atomic E-state index is 0.227. The minimum Gasteiger partial charge on any atom is -0.372 e. The number of ether oxygens (including phenoxy) is 1. The second-order valence-corrected chi connectivity index (χ2v) is 9.38. The topological polar surface area (TPSA) is 57.3 Å². The van der Waals surface area contributed by atoms with Crippen LogP contribution in [0.2, 0.25) is 5.02 Å². The lowest BCUT2D eigenvalue weighted by molar-refractivity contribution is -0.952. The van der Waals surface area contributed by atoms with Crippen LogP contribution in [0.5, 0.6) is 0 Å². The summed E-state index contributed by atoms with van der Waals surface area (Å²) in [6.45, 7) is 7.34. The lowest BCUT2D eigenvalue weighted by atomic mass is 9.99. The summed E-state index contributed by atoms with van der Waals surface area (Å²) < 4.78 is 8.15. The third-order valence-electron chi connectivity index (χ3n) is 6.43. The van der Waals surface area contributed by atoms with Gasteiger partial charge in [-0.05, 0) is 48.2 Å². The predicted octanol–water partition coefficient (Wildman–Crippen LogP) is 3.40. The zero-order valence-corrected chi connectivity index (χ0v) is 18.3. The molecule has 1 aromatic carbocycles. The monoisotopic (exact) mass is 418 g/mol. The normalized spacial score (nSPS) is 22.4. The first-order chi connectivity index (χ1) is 14.1. The van der Waals surface area contributed by atoms with Crippen molar-refractivity contribution in [1.82, 2.24) is 20.2 Å². The molecule has 2 heterocycles. The van der Waals surface area contributed by atoms with Crippen LogP contribution in [0, 0.1) is 5.92 Å². The van der Waals surface area contributed by atoms with E-state index in [9.17, 15) is 0 Å². The molecule has 1 aliphatic carbocycles. The molecule has 3 atom stereocenters. The van der Waals surface area contributed by atoms with E-state index in [0.717, 1.165) is 43.4 Å². The first-order valence-corrected chi connectivity index (χ1v) is 11.5. The highest BCUT2D eigenvalue weighted by Crippen LogP contribution is 2.31. The third kappa shape index (κ3) is 4.98. The van der Waals surface area contributed by atoms with Crippen LogP contribution in [-0.2, 0) is 11.3 Å². The zero-order valence-electron chi connectivity index (χ0n) is 17.6. The van der Waals surface area contributed by atoms with Gasteiger partial charge < -0.3 is 9.64 Å². The Kier molecular flexibility index (Phi) is 6.83. The Hall–Kier alpha value is -1.50. The van der Waals surface area contributed by atoms with Crippen molar-refractivity contribution in [2.75, 3.05) is 13.2 Å². The number of quaternary nitrogens is 1. The second kappa shape index (κ2) is 9.54. The molecule has 29 heavy (non-hydrogen) atoms. The number of tetrazole rings is 1. The summed E-state index contributed by atoms with van der Waals surface area (Å²) in [7, 11) is 0. The van der Waals surface area contributed by atoms with Gasteiger partial charge in [0.1, 0.15) is 19.2 Å². The number of aromatic nitrogens is 4. The van der Waals surface area contributed by atoms with Crippen LogP contribution in [0.15, 0.2) is 24.3 Å². The smallest absolute Gasteiger partial charge is 0.209 e. The van der Waals surface area contributed by atoms with Gasteiger partial charge in [0, 0.05) is 23.1 Å². The lowest BCUT2D eigenvalue weighted by Gasteiger charge is -2.32. The molecule has 7 heteroatoms. The van der Waals surface area contributed by atoms with Gasteiger partial charge in [0.25, 0.3) is 0 Å². The number of nitrogens with one attached hydrogen (secondary N) is 1. The number of rotatable bonds is 8. The fourth-order valence-electron chi connectivity index (χ4n) is 5.04. The molecule has 1 aliphatic heterocycles. The van der Waals surface area contributed by atoms with Gasteiger partial charge in [-0.2, -0.15) is 0 Å². The van der Waals surface area contributed by atoms with E-state index in [0.29, 0.717) is 18.1 Å². The van der Waals surface area contributed by atoms with Gasteiger partial charge in [-0.25, -0.2) is 4.68 Å². The Morgan fingerprint density at radius 1 is 1.14 bits per heavy atom. The molecule has 0 amide bonds. The molecule has 1 saturated heterocycles. The van der Waals surface area contributed by atoms with E-state index in [4.69, 9.17) is 16.3 Å². The molecule has 2 aliphatic rings. The Balaban J connectivity index is 1.63. The maximum Gasteiger partial charge on any atom is 0.209 e. The fraction of sp³-hybridized carbons (Fsp3) is 0.682. The molecular weight excluding hydrogens is 386 g/mol. The van der Waals surface area contributed by atoms with Gasteiger partial charge in [-0.1, -0.05) is 50.4 Å². The van der Waals surface area contributed by atoms with E-state index in [2.05, 4.69) is 46.2 Å². The summed E-state index contributed by atoms with van der Waals surface area (Å²) >= 11 is 6.12. The zero-order chi connectivity index (χ0) is 20.2. The summed E-state index contributed by atoms with van der Waals surface area (Å²) in [5.74, 6) is 1.46. The van der Waals surface area contributed by atoms with Crippen molar-refractivity contribution in [2.45, 2.75) is 77.1 Å². The van der Waals surface area contributed by atoms with Crippen molar-refractivity contribution in [2.24, 2.45) is 5.92 Å². The molecule has 1 unspecified atom stereocenters. The Morgan fingerprint density at radius 2 is 1.90 bits per heavy atom. The molecular formula is C22H33ClN5O+. The summed E-state index contributed by atoms with van der Waals surface area (Å²) in [6, 6.07) is 8.90. The maximum atomic E-state index is 6.12. The quantitative estimate of drug-likeness (QED) is 0.713. The SMILES string of the molecule is CC(C)[C@H](c1nnnn1C1CCCC1)[NH+](Cc1ccc(Cl)cc1)C[C@@H]1CCCO1. The molecule has 158 valence electrons. The van der Waals surface area contributed by atoms with Crippen molar-refractivity contribution in [3.8, 4) is 0 Å². The predicted molar refractivity (Wildman–Crippen MR) is 113 cm³/mol. The van der Waals surface area contributed by atoms with Crippen LogP contribution in [0.1, 0.15) is 75.8 Å². The van der Waals surface area contributed by atoms with Crippen LogP contribution in [0.4, 0.5) is 0 Å². The first kappa shape index (κ1) is 20.8. The van der Waals surface area contributed by atoms with Crippen molar-refractivity contribution >= 4 is 11.6 Å². The molecule has 4 rings (SSSR count). The Bertz CT molecular complexity index is 766. The molecule has 1 saturated carbocycles. The summed E-state index contributed by atoms with van der Waals surface area (Å²) in [4.78, 5) is 1.48. The van der Waals surface area contributed by atoms with Gasteiger partial charge in [0.05, 0.1) is 6.04 Å². The van der Waals surface area contributed by atoms with Crippen LogP contribution in [0.3, 0.4) is 0 Å². The second-order valence-electron chi connectivity index (χ2n) is 8.94. The van der Waals surface area contributed by atoms with Crippen LogP contribution in [-0.4, -0.2) is 39.5 Å². The Labute approximate surface area is 178 Å². The van der Waals surface area contributed by atoms with Crippen LogP contribution >= 0.6 is 11.6 Å². The van der Waals surface area contributed by atoms with Crippen molar-refractivity contribution < 1.29 is 9.64 Å². The highest BCUT2D eigenvalue weighted by molar-refractivity contribution is 6.30. The molecule has 2 aromatic rings. The third-order valence-corrected chi connectivity index (χ3v) is 6.68. The van der Waals surface area contributed by atoms with E-state index in [1.54, 1.807) is 0 Å². The van der Waals surface area contributed by atoms with Crippen molar-refractivity contribution in [1.29, 1.82) is 0 Å². The van der Waals surface area contributed by atoms with E-state index < -0.39 is 0 Å². The molecule has 0 radical (unpaired) electrons. The van der Waals surface area contributed by atoms with Crippen molar-refractivity contribution in [3.63, 3.8) is 0 Å². The largest absolute Gasteiger partial charge is 0.372 e. The number of benzene rings is 1. The summed E-state index contributed by atoms with van der Waals surface area (Å²) in [6.07, 6.45) is 7.52. The van der Waals surface area contributed by atoms with Gasteiger partial charge >= 0.3 is 0 Å². The highest BCUT2D eigenvalue weighted by Gasteiger charge is 2.37. The number of hydrogen-bond donors (Lipinski definition) is 1. The van der Waals surface area contributed by atoms with E-state index in [-0.39, 0.29) is 6.04 Å². The number of nitrogens with zero attached hydrogens (tertiary/aromatic N) is 4. The van der Waals surface area contributed by atoms with Gasteiger partial charge in [0.15, 0.2) is 6.04 Å². The Morgan fingerprint density at radius 3 is 2.55 bits per heavy atom. The van der Waals surface area contributed by atoms with E-state index >= 15 is 0 Å². The number of halogens is 1. The van der Waals surface area contributed by atoms with Crippen LogP contribution < -0.4 is 4.90 Å². The standard InChI is InChI=1S/C22H32ClN5O/c1-16(2)21(22-24-25-26-28(22)19-6-3-4-7-19)27(15-20-8-5-13-29-20)14-17-9-11-18(23)12-10-17/h9-12,16,19-21H,3-8,13-15H2,1-2H3/p+1/t20-,21+/m0/s1. The van der Waals surface area contributed by atoms with Gasteiger partial charge in [0.2, 0.25) is 5.82 Å². The highest BCUT2D eigenvalue weighted by atomic mass is 35.5. The molecule has 0 spiro atoms. The maximum absolute atomic E-state index is 6.12. The van der Waals surface area contributed by atoms with E-state index in [1.807, 2.05) is 12.1 Å². The summed E-state index contributed by atoms with van der Waals surface area (Å²) in [5, 5.41) is 13.9. The minimum atomic E-state index is 0.227. The molecule has 1 aromatic heterocycles. The average molecular weight is 419 g/mol. The number of hydrogen-bond acceptors (Lipinski definition) is 4. The van der Waals surface area contributed by atoms with Gasteiger partial charge in [-0.15, -0.1) is 5.10 Å². The molecule has 6 nitrogen and oxygen atoms in total. The fourth-order valence-corrected chi connectivity index (χ4v) is 5.16. The average Bonchev–Trinajstić information content (AvgIpc) is 3.45. The van der Waals surface area contributed by atoms with Crippen LogP contribution in [0.25, 0.3) is 0 Å². The summed E-state index contributed by atoms with van der Waals surface area (Å²) in [5.41, 5.74) is 1.29. The van der Waals surface area contributed by atoms with E-state index in [1.165, 1.54) is 36.1 Å². The molecule has 0 bridgehead atoms.